The fourth-order valence-corrected chi connectivity index (χ4v) is 2.04. The van der Waals surface area contributed by atoms with E-state index >= 15 is 0 Å². The fraction of sp³-hybridized carbons (Fsp3) is 1.00. The average Bonchev–Trinajstić information content (AvgIpc) is 2.56. The van der Waals surface area contributed by atoms with Crippen molar-refractivity contribution in [1.82, 2.24) is 10.2 Å². The minimum atomic E-state index is 0.659. The van der Waals surface area contributed by atoms with Crippen molar-refractivity contribution in [2.45, 2.75) is 46.1 Å². The van der Waals surface area contributed by atoms with Gasteiger partial charge in [0.05, 0.1) is 0 Å². The van der Waals surface area contributed by atoms with E-state index in [9.17, 15) is 0 Å². The molecule has 0 radical (unpaired) electrons. The maximum Gasteiger partial charge on any atom is 0.0166 e. The lowest BCUT2D eigenvalue weighted by Crippen LogP contribution is -2.38. The molecule has 1 atom stereocenters. The Hall–Kier alpha value is -0.0800. The van der Waals surface area contributed by atoms with Crippen LogP contribution in [0.5, 0.6) is 0 Å². The predicted molar refractivity (Wildman–Crippen MR) is 62.6 cm³/mol. The van der Waals surface area contributed by atoms with Gasteiger partial charge in [0.25, 0.3) is 0 Å². The molecule has 1 aliphatic rings. The summed E-state index contributed by atoms with van der Waals surface area (Å²) in [6, 6.07) is 0.659. The van der Waals surface area contributed by atoms with Gasteiger partial charge in [0.2, 0.25) is 0 Å². The molecule has 0 aliphatic carbocycles. The quantitative estimate of drug-likeness (QED) is 0.703. The van der Waals surface area contributed by atoms with Gasteiger partial charge in [-0.05, 0) is 51.7 Å². The van der Waals surface area contributed by atoms with Crippen LogP contribution >= 0.6 is 0 Å². The van der Waals surface area contributed by atoms with Crippen LogP contribution in [0.4, 0.5) is 0 Å². The van der Waals surface area contributed by atoms with Gasteiger partial charge >= 0.3 is 0 Å². The predicted octanol–water partition coefficient (Wildman–Crippen LogP) is 2.11. The molecule has 1 N–H and O–H groups in total. The van der Waals surface area contributed by atoms with Gasteiger partial charge in [-0.2, -0.15) is 0 Å². The topological polar surface area (TPSA) is 15.3 Å². The zero-order valence-electron chi connectivity index (χ0n) is 10.1. The summed E-state index contributed by atoms with van der Waals surface area (Å²) >= 11 is 0. The highest BCUT2D eigenvalue weighted by Crippen LogP contribution is 2.07. The first kappa shape index (κ1) is 12.0. The third-order valence-corrected chi connectivity index (χ3v) is 2.95. The van der Waals surface area contributed by atoms with Gasteiger partial charge in [0, 0.05) is 12.6 Å². The molecule has 2 heteroatoms. The van der Waals surface area contributed by atoms with Gasteiger partial charge in [0.15, 0.2) is 0 Å². The van der Waals surface area contributed by atoms with Crippen molar-refractivity contribution in [3.8, 4) is 0 Å². The van der Waals surface area contributed by atoms with Crippen molar-refractivity contribution in [2.24, 2.45) is 5.92 Å². The molecule has 1 aliphatic heterocycles. The van der Waals surface area contributed by atoms with Crippen LogP contribution in [-0.4, -0.2) is 37.1 Å². The standard InChI is InChI=1S/C12H26N2/c1-11(2)6-7-13-12(3)10-14-8-4-5-9-14/h11-13H,4-10H2,1-3H3. The molecule has 14 heavy (non-hydrogen) atoms. The Kier molecular flexibility index (Phi) is 5.49. The Morgan fingerprint density at radius 1 is 1.14 bits per heavy atom. The van der Waals surface area contributed by atoms with Crippen molar-refractivity contribution < 1.29 is 0 Å². The van der Waals surface area contributed by atoms with Crippen molar-refractivity contribution in [1.29, 1.82) is 0 Å². The van der Waals surface area contributed by atoms with E-state index in [0.29, 0.717) is 6.04 Å². The van der Waals surface area contributed by atoms with E-state index in [0.717, 1.165) is 5.92 Å². The van der Waals surface area contributed by atoms with Gasteiger partial charge in [-0.1, -0.05) is 13.8 Å². The molecule has 0 spiro atoms. The number of rotatable bonds is 6. The van der Waals surface area contributed by atoms with E-state index in [2.05, 4.69) is 31.0 Å². The average molecular weight is 198 g/mol. The summed E-state index contributed by atoms with van der Waals surface area (Å²) in [7, 11) is 0. The highest BCUT2D eigenvalue weighted by Gasteiger charge is 2.13. The third kappa shape index (κ3) is 4.97. The largest absolute Gasteiger partial charge is 0.313 e. The highest BCUT2D eigenvalue weighted by atomic mass is 15.2. The van der Waals surface area contributed by atoms with E-state index in [1.807, 2.05) is 0 Å². The van der Waals surface area contributed by atoms with Crippen LogP contribution in [0.2, 0.25) is 0 Å². The van der Waals surface area contributed by atoms with E-state index in [-0.39, 0.29) is 0 Å². The van der Waals surface area contributed by atoms with Crippen molar-refractivity contribution in [3.05, 3.63) is 0 Å². The van der Waals surface area contributed by atoms with Gasteiger partial charge in [-0.25, -0.2) is 0 Å². The summed E-state index contributed by atoms with van der Waals surface area (Å²) in [6.45, 7) is 11.9. The van der Waals surface area contributed by atoms with Crippen LogP contribution in [0.3, 0.4) is 0 Å². The molecular formula is C12H26N2. The van der Waals surface area contributed by atoms with Gasteiger partial charge in [-0.3, -0.25) is 0 Å². The zero-order chi connectivity index (χ0) is 10.4. The molecule has 1 fully saturated rings. The van der Waals surface area contributed by atoms with Crippen molar-refractivity contribution in [2.75, 3.05) is 26.2 Å². The van der Waals surface area contributed by atoms with Crippen LogP contribution in [0.15, 0.2) is 0 Å². The summed E-state index contributed by atoms with van der Waals surface area (Å²) in [4.78, 5) is 2.58. The Bertz CT molecular complexity index is 139. The molecule has 0 aromatic rings. The fourth-order valence-electron chi connectivity index (χ4n) is 2.04. The maximum absolute atomic E-state index is 3.60. The number of hydrogen-bond acceptors (Lipinski definition) is 2. The van der Waals surface area contributed by atoms with Crippen molar-refractivity contribution >= 4 is 0 Å². The molecule has 2 nitrogen and oxygen atoms in total. The SMILES string of the molecule is CC(C)CCNC(C)CN1CCCC1. The lowest BCUT2D eigenvalue weighted by Gasteiger charge is -2.21. The van der Waals surface area contributed by atoms with Crippen LogP contribution < -0.4 is 5.32 Å². The number of likely N-dealkylation sites (tertiary alicyclic amines) is 1. The molecule has 0 amide bonds. The maximum atomic E-state index is 3.60. The minimum absolute atomic E-state index is 0.659. The second-order valence-corrected chi connectivity index (χ2v) is 5.05. The lowest BCUT2D eigenvalue weighted by atomic mass is 10.1. The molecule has 0 saturated carbocycles. The van der Waals surface area contributed by atoms with Gasteiger partial charge in [0.1, 0.15) is 0 Å². The zero-order valence-corrected chi connectivity index (χ0v) is 10.1. The van der Waals surface area contributed by atoms with Gasteiger partial charge < -0.3 is 10.2 Å². The smallest absolute Gasteiger partial charge is 0.0166 e. The molecule has 1 heterocycles. The minimum Gasteiger partial charge on any atom is -0.313 e. The highest BCUT2D eigenvalue weighted by molar-refractivity contribution is 4.72. The summed E-state index contributed by atoms with van der Waals surface area (Å²) < 4.78 is 0. The van der Waals surface area contributed by atoms with E-state index in [1.54, 1.807) is 0 Å². The van der Waals surface area contributed by atoms with Crippen LogP contribution in [-0.2, 0) is 0 Å². The second-order valence-electron chi connectivity index (χ2n) is 5.05. The molecule has 0 bridgehead atoms. The molecular weight excluding hydrogens is 172 g/mol. The van der Waals surface area contributed by atoms with Crippen LogP contribution in [0, 0.1) is 5.92 Å². The van der Waals surface area contributed by atoms with E-state index in [1.165, 1.54) is 45.4 Å². The Balaban J connectivity index is 2.00. The molecule has 1 rings (SSSR count). The molecule has 0 aromatic carbocycles. The van der Waals surface area contributed by atoms with E-state index < -0.39 is 0 Å². The Morgan fingerprint density at radius 2 is 1.79 bits per heavy atom. The third-order valence-electron chi connectivity index (χ3n) is 2.95. The molecule has 0 aromatic heterocycles. The monoisotopic (exact) mass is 198 g/mol. The number of nitrogens with one attached hydrogen (secondary N) is 1. The van der Waals surface area contributed by atoms with E-state index in [4.69, 9.17) is 0 Å². The molecule has 1 saturated heterocycles. The lowest BCUT2D eigenvalue weighted by molar-refractivity contribution is 0.296. The van der Waals surface area contributed by atoms with Gasteiger partial charge in [-0.15, -0.1) is 0 Å². The summed E-state index contributed by atoms with van der Waals surface area (Å²) in [5.41, 5.74) is 0. The summed E-state index contributed by atoms with van der Waals surface area (Å²) in [6.07, 6.45) is 4.10. The second kappa shape index (κ2) is 6.41. The summed E-state index contributed by atoms with van der Waals surface area (Å²) in [5.74, 6) is 0.821. The normalized spacial score (nSPS) is 20.6. The first-order chi connectivity index (χ1) is 6.68. The number of nitrogens with zero attached hydrogens (tertiary/aromatic N) is 1. The Labute approximate surface area is 89.1 Å². The number of hydrogen-bond donors (Lipinski definition) is 1. The first-order valence-corrected chi connectivity index (χ1v) is 6.14. The Morgan fingerprint density at radius 3 is 2.36 bits per heavy atom. The van der Waals surface area contributed by atoms with Crippen LogP contribution in [0.25, 0.3) is 0 Å². The van der Waals surface area contributed by atoms with Crippen molar-refractivity contribution in [3.63, 3.8) is 0 Å². The first-order valence-electron chi connectivity index (χ1n) is 6.14. The molecule has 1 unspecified atom stereocenters. The van der Waals surface area contributed by atoms with Crippen LogP contribution in [0.1, 0.15) is 40.0 Å². The summed E-state index contributed by atoms with van der Waals surface area (Å²) in [5, 5.41) is 3.60. The molecule has 84 valence electrons.